The van der Waals surface area contributed by atoms with Gasteiger partial charge in [-0.15, -0.1) is 0 Å². The van der Waals surface area contributed by atoms with Crippen LogP contribution >= 0.6 is 11.8 Å². The highest BCUT2D eigenvalue weighted by atomic mass is 32.2. The van der Waals surface area contributed by atoms with Gasteiger partial charge in [0.05, 0.1) is 12.1 Å². The first kappa shape index (κ1) is 16.0. The maximum absolute atomic E-state index is 11.9. The van der Waals surface area contributed by atoms with Crippen LogP contribution in [0.3, 0.4) is 0 Å². The fraction of sp³-hybridized carbons (Fsp3) is 0.500. The van der Waals surface area contributed by atoms with Gasteiger partial charge >= 0.3 is 6.03 Å². The van der Waals surface area contributed by atoms with Gasteiger partial charge in [0.1, 0.15) is 5.75 Å². The van der Waals surface area contributed by atoms with Gasteiger partial charge in [0.15, 0.2) is 0 Å². The van der Waals surface area contributed by atoms with Crippen molar-refractivity contribution >= 4 is 29.4 Å². The summed E-state index contributed by atoms with van der Waals surface area (Å²) in [5, 5.41) is 18.4. The number of phenols is 1. The Bertz CT molecular complexity index is 578. The molecule has 0 aromatic heterocycles. The Kier molecular flexibility index (Phi) is 4.95. The number of urea groups is 1. The summed E-state index contributed by atoms with van der Waals surface area (Å²) in [5.41, 5.74) is 0.696. The summed E-state index contributed by atoms with van der Waals surface area (Å²) in [6.45, 7) is 0. The van der Waals surface area contributed by atoms with E-state index in [2.05, 4.69) is 16.0 Å². The van der Waals surface area contributed by atoms with Crippen LogP contribution in [0.5, 0.6) is 5.75 Å². The number of amides is 3. The Labute approximate surface area is 139 Å². The number of rotatable bonds is 6. The Morgan fingerprint density at radius 3 is 2.83 bits per heavy atom. The Morgan fingerprint density at radius 2 is 2.04 bits per heavy atom. The maximum Gasteiger partial charge on any atom is 0.315 e. The molecular formula is C16H21N3O3S. The topological polar surface area (TPSA) is 90.5 Å². The van der Waals surface area contributed by atoms with E-state index in [0.717, 1.165) is 25.0 Å². The summed E-state index contributed by atoms with van der Waals surface area (Å²) in [7, 11) is 0. The first-order chi connectivity index (χ1) is 11.1. The van der Waals surface area contributed by atoms with Crippen molar-refractivity contribution in [2.75, 3.05) is 11.1 Å². The monoisotopic (exact) mass is 335 g/mol. The highest BCUT2D eigenvalue weighted by Crippen LogP contribution is 2.33. The lowest BCUT2D eigenvalue weighted by molar-refractivity contribution is -0.116. The first-order valence-electron chi connectivity index (χ1n) is 7.89. The van der Waals surface area contributed by atoms with Crippen LogP contribution < -0.4 is 16.0 Å². The minimum absolute atomic E-state index is 0.0107. The van der Waals surface area contributed by atoms with Crippen LogP contribution in [0, 0.1) is 0 Å². The van der Waals surface area contributed by atoms with Gasteiger partial charge in [0, 0.05) is 23.1 Å². The average Bonchev–Trinajstić information content (AvgIpc) is 3.06. The molecule has 4 N–H and O–H groups in total. The largest absolute Gasteiger partial charge is 0.508 e. The van der Waals surface area contributed by atoms with E-state index in [1.807, 2.05) is 11.8 Å². The molecule has 0 spiro atoms. The number of carbonyl (C=O) groups excluding carboxylic acids is 2. The summed E-state index contributed by atoms with van der Waals surface area (Å²) in [6.07, 6.45) is 3.30. The van der Waals surface area contributed by atoms with Crippen molar-refractivity contribution in [1.29, 1.82) is 0 Å². The Morgan fingerprint density at radius 1 is 1.26 bits per heavy atom. The number of aromatic hydroxyl groups is 1. The van der Waals surface area contributed by atoms with Gasteiger partial charge in [-0.3, -0.25) is 4.79 Å². The van der Waals surface area contributed by atoms with E-state index >= 15 is 0 Å². The zero-order valence-corrected chi connectivity index (χ0v) is 13.6. The van der Waals surface area contributed by atoms with E-state index in [1.165, 1.54) is 0 Å². The summed E-state index contributed by atoms with van der Waals surface area (Å²) < 4.78 is 0. The minimum Gasteiger partial charge on any atom is -0.508 e. The molecule has 1 aromatic rings. The third-order valence-corrected chi connectivity index (χ3v) is 5.74. The van der Waals surface area contributed by atoms with Gasteiger partial charge in [-0.25, -0.2) is 4.79 Å². The normalized spacial score (nSPS) is 25.6. The third kappa shape index (κ3) is 4.10. The maximum atomic E-state index is 11.9. The number of hydrogen-bond donors (Lipinski definition) is 4. The predicted molar refractivity (Wildman–Crippen MR) is 90.7 cm³/mol. The van der Waals surface area contributed by atoms with E-state index in [4.69, 9.17) is 0 Å². The summed E-state index contributed by atoms with van der Waals surface area (Å²) in [6, 6.07) is 6.89. The van der Waals surface area contributed by atoms with Crippen molar-refractivity contribution < 1.29 is 14.7 Å². The van der Waals surface area contributed by atoms with E-state index in [-0.39, 0.29) is 29.8 Å². The molecule has 2 aliphatic heterocycles. The van der Waals surface area contributed by atoms with Gasteiger partial charge in [-0.1, -0.05) is 6.42 Å². The molecule has 0 bridgehead atoms. The first-order valence-corrected chi connectivity index (χ1v) is 8.94. The summed E-state index contributed by atoms with van der Waals surface area (Å²) >= 11 is 1.90. The number of unbranched alkanes of at least 4 members (excludes halogenated alkanes) is 1. The number of fused-ring (bicyclic) bond motifs is 1. The Balaban J connectivity index is 1.34. The average molecular weight is 335 g/mol. The number of thioether (sulfide) groups is 1. The van der Waals surface area contributed by atoms with Crippen LogP contribution in [-0.4, -0.2) is 40.1 Å². The predicted octanol–water partition coefficient (Wildman–Crippen LogP) is 2.06. The van der Waals surface area contributed by atoms with Crippen LogP contribution in [0.2, 0.25) is 0 Å². The second kappa shape index (κ2) is 7.12. The molecule has 2 heterocycles. The van der Waals surface area contributed by atoms with Gasteiger partial charge in [0.2, 0.25) is 5.91 Å². The molecule has 0 saturated carbocycles. The zero-order chi connectivity index (χ0) is 16.2. The molecule has 23 heavy (non-hydrogen) atoms. The number of nitrogens with one attached hydrogen (secondary N) is 3. The molecule has 3 rings (SSSR count). The van der Waals surface area contributed by atoms with Crippen molar-refractivity contribution in [3.63, 3.8) is 0 Å². The lowest BCUT2D eigenvalue weighted by atomic mass is 10.0. The molecule has 3 unspecified atom stereocenters. The van der Waals surface area contributed by atoms with E-state index in [0.29, 0.717) is 17.4 Å². The summed E-state index contributed by atoms with van der Waals surface area (Å²) in [5.74, 6) is 1.14. The van der Waals surface area contributed by atoms with E-state index < -0.39 is 0 Å². The van der Waals surface area contributed by atoms with Crippen LogP contribution in [0.1, 0.15) is 25.7 Å². The standard InChI is InChI=1S/C16H21N3O3S/c20-11-7-5-10(6-8-11)17-14(21)4-2-1-3-13-15-12(9-23-13)18-16(22)19-15/h5-8,12-13,15,20H,1-4,9H2,(H,17,21)(H2,18,19,22). The van der Waals surface area contributed by atoms with Crippen molar-refractivity contribution in [1.82, 2.24) is 10.6 Å². The molecule has 2 fully saturated rings. The molecule has 0 radical (unpaired) electrons. The molecule has 2 aliphatic rings. The van der Waals surface area contributed by atoms with Gasteiger partial charge in [-0.2, -0.15) is 11.8 Å². The molecular weight excluding hydrogens is 314 g/mol. The van der Waals surface area contributed by atoms with Crippen molar-refractivity contribution in [3.05, 3.63) is 24.3 Å². The van der Waals surface area contributed by atoms with Crippen LogP contribution in [-0.2, 0) is 4.79 Å². The SMILES string of the molecule is O=C(CCCCC1SCC2NC(=O)NC21)Nc1ccc(O)cc1. The number of hydrogen-bond acceptors (Lipinski definition) is 4. The second-order valence-corrected chi connectivity index (χ2v) is 7.23. The lowest BCUT2D eigenvalue weighted by Crippen LogP contribution is -2.36. The molecule has 3 atom stereocenters. The van der Waals surface area contributed by atoms with Crippen LogP contribution in [0.4, 0.5) is 10.5 Å². The molecule has 2 saturated heterocycles. The molecule has 6 nitrogen and oxygen atoms in total. The molecule has 124 valence electrons. The number of carbonyl (C=O) groups is 2. The van der Waals surface area contributed by atoms with Crippen molar-refractivity contribution in [3.8, 4) is 5.75 Å². The molecule has 1 aromatic carbocycles. The number of phenolic OH excluding ortho intramolecular Hbond substituents is 1. The van der Waals surface area contributed by atoms with Crippen LogP contribution in [0.15, 0.2) is 24.3 Å². The van der Waals surface area contributed by atoms with E-state index in [1.54, 1.807) is 24.3 Å². The highest BCUT2D eigenvalue weighted by Gasteiger charge is 2.42. The Hall–Kier alpha value is -1.89. The quantitative estimate of drug-likeness (QED) is 0.364. The van der Waals surface area contributed by atoms with Gasteiger partial charge in [0.25, 0.3) is 0 Å². The fourth-order valence-corrected chi connectivity index (χ4v) is 4.59. The van der Waals surface area contributed by atoms with Crippen molar-refractivity contribution in [2.24, 2.45) is 0 Å². The minimum atomic E-state index is -0.0569. The van der Waals surface area contributed by atoms with E-state index in [9.17, 15) is 14.7 Å². The highest BCUT2D eigenvalue weighted by molar-refractivity contribution is 8.00. The van der Waals surface area contributed by atoms with Crippen LogP contribution in [0.25, 0.3) is 0 Å². The molecule has 0 aliphatic carbocycles. The summed E-state index contributed by atoms with van der Waals surface area (Å²) in [4.78, 5) is 23.2. The smallest absolute Gasteiger partial charge is 0.315 e. The van der Waals surface area contributed by atoms with Gasteiger partial charge < -0.3 is 21.1 Å². The third-order valence-electron chi connectivity index (χ3n) is 4.23. The van der Waals surface area contributed by atoms with Gasteiger partial charge in [-0.05, 0) is 37.1 Å². The lowest BCUT2D eigenvalue weighted by Gasteiger charge is -2.16. The number of anilines is 1. The molecule has 3 amide bonds. The fourth-order valence-electron chi connectivity index (χ4n) is 3.04. The molecule has 7 heteroatoms. The van der Waals surface area contributed by atoms with Crippen molar-refractivity contribution in [2.45, 2.75) is 43.0 Å². The zero-order valence-electron chi connectivity index (χ0n) is 12.7. The number of benzene rings is 1. The second-order valence-electron chi connectivity index (χ2n) is 5.96.